The van der Waals surface area contributed by atoms with Gasteiger partial charge in [-0.05, 0) is 37.8 Å². The van der Waals surface area contributed by atoms with Gasteiger partial charge in [-0.15, -0.1) is 24.0 Å². The molecule has 0 bridgehead atoms. The van der Waals surface area contributed by atoms with Crippen LogP contribution in [0, 0.1) is 0 Å². The molecule has 0 saturated carbocycles. The molecule has 0 radical (unpaired) electrons. The third-order valence-electron chi connectivity index (χ3n) is 5.18. The molecule has 2 N–H and O–H groups in total. The SMILES string of the molecule is CCOC(=O)N1CCC(NC(=NC)NCC2CCOc3ccccc32)CC1.I. The van der Waals surface area contributed by atoms with Crippen molar-refractivity contribution in [3.05, 3.63) is 29.8 Å². The Morgan fingerprint density at radius 3 is 2.75 bits per heavy atom. The molecule has 28 heavy (non-hydrogen) atoms. The van der Waals surface area contributed by atoms with Crippen LogP contribution in [0.1, 0.15) is 37.7 Å². The second-order valence-corrected chi connectivity index (χ2v) is 6.93. The Hall–Kier alpha value is -1.71. The number of hydrogen-bond donors (Lipinski definition) is 2. The van der Waals surface area contributed by atoms with Crippen LogP contribution < -0.4 is 15.4 Å². The Morgan fingerprint density at radius 2 is 2.04 bits per heavy atom. The molecule has 2 heterocycles. The molecule has 3 rings (SSSR count). The highest BCUT2D eigenvalue weighted by Gasteiger charge is 2.25. The maximum Gasteiger partial charge on any atom is 0.409 e. The van der Waals surface area contributed by atoms with Crippen LogP contribution in [0.4, 0.5) is 4.79 Å². The zero-order valence-electron chi connectivity index (χ0n) is 16.6. The molecule has 2 aliphatic rings. The van der Waals surface area contributed by atoms with Gasteiger partial charge >= 0.3 is 6.09 Å². The van der Waals surface area contributed by atoms with Gasteiger partial charge in [-0.25, -0.2) is 4.79 Å². The molecular formula is C20H31IN4O3. The van der Waals surface area contributed by atoms with Gasteiger partial charge in [0.15, 0.2) is 5.96 Å². The molecule has 8 heteroatoms. The highest BCUT2D eigenvalue weighted by atomic mass is 127. The van der Waals surface area contributed by atoms with E-state index in [0.717, 1.165) is 44.1 Å². The van der Waals surface area contributed by atoms with Gasteiger partial charge in [0, 0.05) is 38.6 Å². The first-order chi connectivity index (χ1) is 13.2. The fourth-order valence-corrected chi connectivity index (χ4v) is 3.66. The summed E-state index contributed by atoms with van der Waals surface area (Å²) in [4.78, 5) is 17.9. The summed E-state index contributed by atoms with van der Waals surface area (Å²) in [5.41, 5.74) is 1.26. The minimum absolute atomic E-state index is 0. The van der Waals surface area contributed by atoms with E-state index >= 15 is 0 Å². The fourth-order valence-electron chi connectivity index (χ4n) is 3.66. The van der Waals surface area contributed by atoms with Gasteiger partial charge in [-0.1, -0.05) is 18.2 Å². The number of rotatable bonds is 4. The first-order valence-electron chi connectivity index (χ1n) is 9.81. The van der Waals surface area contributed by atoms with E-state index in [4.69, 9.17) is 9.47 Å². The molecule has 1 aromatic carbocycles. The molecule has 7 nitrogen and oxygen atoms in total. The van der Waals surface area contributed by atoms with Crippen LogP contribution in [0.25, 0.3) is 0 Å². The zero-order valence-corrected chi connectivity index (χ0v) is 19.0. The van der Waals surface area contributed by atoms with Crippen LogP contribution in [0.15, 0.2) is 29.3 Å². The largest absolute Gasteiger partial charge is 0.493 e. The van der Waals surface area contributed by atoms with Crippen molar-refractivity contribution in [1.82, 2.24) is 15.5 Å². The van der Waals surface area contributed by atoms with Crippen LogP contribution >= 0.6 is 24.0 Å². The van der Waals surface area contributed by atoms with Crippen LogP contribution in [-0.4, -0.2) is 62.9 Å². The average Bonchev–Trinajstić information content (AvgIpc) is 2.71. The minimum atomic E-state index is -0.211. The third kappa shape index (κ3) is 5.89. The second kappa shape index (κ2) is 11.3. The lowest BCUT2D eigenvalue weighted by Gasteiger charge is -2.33. The van der Waals surface area contributed by atoms with E-state index in [9.17, 15) is 4.79 Å². The van der Waals surface area contributed by atoms with Crippen LogP contribution in [-0.2, 0) is 4.74 Å². The number of halogens is 1. The lowest BCUT2D eigenvalue weighted by molar-refractivity contribution is 0.0963. The van der Waals surface area contributed by atoms with Gasteiger partial charge < -0.3 is 25.0 Å². The number of para-hydroxylation sites is 1. The maximum atomic E-state index is 11.8. The smallest absolute Gasteiger partial charge is 0.409 e. The predicted octanol–water partition coefficient (Wildman–Crippen LogP) is 2.96. The number of carbonyl (C=O) groups excluding carboxylic acids is 1. The third-order valence-corrected chi connectivity index (χ3v) is 5.18. The summed E-state index contributed by atoms with van der Waals surface area (Å²) in [6.07, 6.45) is 2.56. The van der Waals surface area contributed by atoms with Crippen molar-refractivity contribution < 1.29 is 14.3 Å². The van der Waals surface area contributed by atoms with Gasteiger partial charge in [0.1, 0.15) is 5.75 Å². The number of carbonyl (C=O) groups is 1. The Morgan fingerprint density at radius 1 is 1.29 bits per heavy atom. The quantitative estimate of drug-likeness (QED) is 0.376. The maximum absolute atomic E-state index is 11.8. The molecule has 2 aliphatic heterocycles. The van der Waals surface area contributed by atoms with Crippen molar-refractivity contribution >= 4 is 36.0 Å². The number of aliphatic imine (C=N–C) groups is 1. The summed E-state index contributed by atoms with van der Waals surface area (Å²) in [5, 5.41) is 6.95. The Bertz CT molecular complexity index is 663. The fraction of sp³-hybridized carbons (Fsp3) is 0.600. The lowest BCUT2D eigenvalue weighted by atomic mass is 9.93. The Kier molecular flexibility index (Phi) is 9.14. The van der Waals surface area contributed by atoms with Gasteiger partial charge in [0.05, 0.1) is 13.2 Å². The molecule has 1 amide bonds. The standard InChI is InChI=1S/C20H30N4O3.HI/c1-3-26-20(25)24-11-8-16(9-12-24)23-19(21-2)22-14-15-10-13-27-18-7-5-4-6-17(15)18;/h4-7,15-16H,3,8-14H2,1-2H3,(H2,21,22,23);1H. The van der Waals surface area contributed by atoms with Gasteiger partial charge in [0.25, 0.3) is 0 Å². The second-order valence-electron chi connectivity index (χ2n) is 6.93. The number of fused-ring (bicyclic) bond motifs is 1. The van der Waals surface area contributed by atoms with Crippen molar-refractivity contribution in [2.45, 2.75) is 38.1 Å². The van der Waals surface area contributed by atoms with E-state index in [-0.39, 0.29) is 30.1 Å². The highest BCUT2D eigenvalue weighted by molar-refractivity contribution is 14.0. The summed E-state index contributed by atoms with van der Waals surface area (Å²) in [6, 6.07) is 8.56. The van der Waals surface area contributed by atoms with Crippen molar-refractivity contribution in [2.75, 3.05) is 39.9 Å². The van der Waals surface area contributed by atoms with Crippen molar-refractivity contribution in [3.8, 4) is 5.75 Å². The van der Waals surface area contributed by atoms with E-state index in [1.807, 2.05) is 19.1 Å². The van der Waals surface area contributed by atoms with E-state index in [0.29, 0.717) is 31.7 Å². The summed E-state index contributed by atoms with van der Waals surface area (Å²) < 4.78 is 10.8. The molecule has 156 valence electrons. The van der Waals surface area contributed by atoms with E-state index in [1.54, 1.807) is 11.9 Å². The number of ether oxygens (including phenoxy) is 2. The van der Waals surface area contributed by atoms with Crippen LogP contribution in [0.2, 0.25) is 0 Å². The first-order valence-corrected chi connectivity index (χ1v) is 9.81. The first kappa shape index (κ1) is 22.6. The van der Waals surface area contributed by atoms with Crippen LogP contribution in [0.3, 0.4) is 0 Å². The number of nitrogens with zero attached hydrogens (tertiary/aromatic N) is 2. The minimum Gasteiger partial charge on any atom is -0.493 e. The van der Waals surface area contributed by atoms with Gasteiger partial charge in [-0.2, -0.15) is 0 Å². The average molecular weight is 502 g/mol. The number of amides is 1. The number of nitrogens with one attached hydrogen (secondary N) is 2. The molecule has 0 aliphatic carbocycles. The number of piperidine rings is 1. The van der Waals surface area contributed by atoms with E-state index in [1.165, 1.54) is 5.56 Å². The topological polar surface area (TPSA) is 75.2 Å². The Labute approximate surface area is 184 Å². The predicted molar refractivity (Wildman–Crippen MR) is 121 cm³/mol. The van der Waals surface area contributed by atoms with Crippen molar-refractivity contribution in [2.24, 2.45) is 4.99 Å². The number of benzene rings is 1. The van der Waals surface area contributed by atoms with Crippen molar-refractivity contribution in [3.63, 3.8) is 0 Å². The highest BCUT2D eigenvalue weighted by Crippen LogP contribution is 2.32. The Balaban J connectivity index is 0.00000280. The number of guanidine groups is 1. The summed E-state index contributed by atoms with van der Waals surface area (Å²) in [7, 11) is 1.79. The molecule has 1 saturated heterocycles. The normalized spacial score (nSPS) is 19.7. The van der Waals surface area contributed by atoms with E-state index < -0.39 is 0 Å². The summed E-state index contributed by atoms with van der Waals surface area (Å²) in [6.45, 7) is 5.24. The van der Waals surface area contributed by atoms with Gasteiger partial charge in [0.2, 0.25) is 0 Å². The molecule has 1 atom stereocenters. The number of likely N-dealkylation sites (tertiary alicyclic amines) is 1. The zero-order chi connectivity index (χ0) is 19.1. The molecule has 1 fully saturated rings. The molecule has 0 spiro atoms. The van der Waals surface area contributed by atoms with Crippen LogP contribution in [0.5, 0.6) is 5.75 Å². The monoisotopic (exact) mass is 502 g/mol. The van der Waals surface area contributed by atoms with Crippen molar-refractivity contribution in [1.29, 1.82) is 0 Å². The molecule has 1 aromatic rings. The summed E-state index contributed by atoms with van der Waals surface area (Å²) in [5.74, 6) is 2.22. The molecular weight excluding hydrogens is 471 g/mol. The molecule has 1 unspecified atom stereocenters. The summed E-state index contributed by atoms with van der Waals surface area (Å²) >= 11 is 0. The lowest BCUT2D eigenvalue weighted by Crippen LogP contribution is -2.50. The molecule has 0 aromatic heterocycles. The number of hydrogen-bond acceptors (Lipinski definition) is 4. The van der Waals surface area contributed by atoms with Gasteiger partial charge in [-0.3, -0.25) is 4.99 Å². The van der Waals surface area contributed by atoms with E-state index in [2.05, 4.69) is 27.8 Å².